The molecule has 2 rings (SSSR count). The van der Waals surface area contributed by atoms with Gasteiger partial charge in [-0.15, -0.1) is 0 Å². The molecule has 2 aromatic carbocycles. The van der Waals surface area contributed by atoms with Crippen molar-refractivity contribution in [3.8, 4) is 11.5 Å². The normalized spacial score (nSPS) is 13.7. The predicted octanol–water partition coefficient (Wildman–Crippen LogP) is 1.23. The van der Waals surface area contributed by atoms with Crippen LogP contribution in [-0.2, 0) is 21.1 Å². The minimum Gasteiger partial charge on any atom is -0.504 e. The maximum absolute atomic E-state index is 13.3. The molecule has 0 aliphatic rings. The molecule has 0 radical (unpaired) electrons. The number of para-hydroxylation sites is 1. The number of hydrogen-bond acceptors (Lipinski definition) is 6. The van der Waals surface area contributed by atoms with Crippen LogP contribution in [-0.4, -0.2) is 48.6 Å². The monoisotopic (exact) mass is 397 g/mol. The molecule has 0 saturated carbocycles. The molecule has 0 aliphatic heterocycles. The lowest BCUT2D eigenvalue weighted by Gasteiger charge is -2.22. The molecule has 2 aromatic rings. The Morgan fingerprint density at radius 1 is 1.15 bits per heavy atom. The third kappa shape index (κ3) is 5.18. The first-order chi connectivity index (χ1) is 12.6. The number of nitrogens with one attached hydrogen (secondary N) is 1. The van der Waals surface area contributed by atoms with Crippen LogP contribution >= 0.6 is 0 Å². The van der Waals surface area contributed by atoms with E-state index in [2.05, 4.69) is 5.32 Å². The highest BCUT2D eigenvalue weighted by atomic mass is 32.2. The number of benzene rings is 2. The summed E-state index contributed by atoms with van der Waals surface area (Å²) in [5, 5.41) is 31.8. The summed E-state index contributed by atoms with van der Waals surface area (Å²) in [5.41, 5.74) is 0.391. The van der Waals surface area contributed by atoms with E-state index in [1.54, 1.807) is 0 Å². The summed E-state index contributed by atoms with van der Waals surface area (Å²) in [4.78, 5) is 12.2. The lowest BCUT2D eigenvalue weighted by molar-refractivity contribution is -0.122. The van der Waals surface area contributed by atoms with E-state index in [1.807, 2.05) is 0 Å². The fraction of sp³-hybridized carbons (Fsp3) is 0.278. The molecule has 4 N–H and O–H groups in total. The van der Waals surface area contributed by atoms with Crippen molar-refractivity contribution in [2.45, 2.75) is 23.5 Å². The average molecular weight is 397 g/mol. The van der Waals surface area contributed by atoms with E-state index in [-0.39, 0.29) is 28.2 Å². The lowest BCUT2D eigenvalue weighted by Crippen LogP contribution is -2.41. The number of amides is 1. The number of phenolic OH excluding ortho intramolecular Hbond substituents is 2. The van der Waals surface area contributed by atoms with Crippen LogP contribution in [0.2, 0.25) is 0 Å². The molecule has 0 bridgehead atoms. The van der Waals surface area contributed by atoms with Gasteiger partial charge >= 0.3 is 0 Å². The predicted molar refractivity (Wildman–Crippen MR) is 95.9 cm³/mol. The number of aliphatic hydroxyl groups is 1. The van der Waals surface area contributed by atoms with Crippen molar-refractivity contribution < 1.29 is 32.9 Å². The molecule has 2 atom stereocenters. The first-order valence-corrected chi connectivity index (χ1v) is 9.86. The van der Waals surface area contributed by atoms with E-state index in [1.165, 1.54) is 42.5 Å². The molecule has 146 valence electrons. The van der Waals surface area contributed by atoms with Gasteiger partial charge in [0.1, 0.15) is 12.8 Å². The van der Waals surface area contributed by atoms with E-state index < -0.39 is 40.3 Å². The molecule has 0 spiro atoms. The van der Waals surface area contributed by atoms with Crippen molar-refractivity contribution in [3.05, 3.63) is 53.6 Å². The molecule has 9 heteroatoms. The van der Waals surface area contributed by atoms with Gasteiger partial charge in [0, 0.05) is 11.8 Å². The molecule has 0 aromatic heterocycles. The Hall–Kier alpha value is -2.65. The molecule has 7 nitrogen and oxygen atoms in total. The number of alkyl halides is 1. The fourth-order valence-electron chi connectivity index (χ4n) is 2.50. The van der Waals surface area contributed by atoms with Gasteiger partial charge in [-0.2, -0.15) is 0 Å². The summed E-state index contributed by atoms with van der Waals surface area (Å²) < 4.78 is 36.3. The van der Waals surface area contributed by atoms with Gasteiger partial charge in [0.05, 0.1) is 17.4 Å². The molecule has 27 heavy (non-hydrogen) atoms. The molecule has 0 heterocycles. The van der Waals surface area contributed by atoms with Crippen molar-refractivity contribution >= 4 is 15.7 Å². The highest BCUT2D eigenvalue weighted by Crippen LogP contribution is 2.28. The second-order valence-electron chi connectivity index (χ2n) is 6.08. The maximum Gasteiger partial charge on any atom is 0.224 e. The van der Waals surface area contributed by atoms with E-state index in [0.717, 1.165) is 6.26 Å². The van der Waals surface area contributed by atoms with Crippen LogP contribution in [0.1, 0.15) is 17.2 Å². The molecule has 1 amide bonds. The van der Waals surface area contributed by atoms with E-state index in [0.29, 0.717) is 0 Å². The number of phenols is 2. The second kappa shape index (κ2) is 8.36. The first kappa shape index (κ1) is 20.7. The Labute approximate surface area is 156 Å². The van der Waals surface area contributed by atoms with E-state index >= 15 is 0 Å². The van der Waals surface area contributed by atoms with E-state index in [9.17, 15) is 32.9 Å². The Morgan fingerprint density at radius 2 is 1.78 bits per heavy atom. The van der Waals surface area contributed by atoms with Crippen LogP contribution in [0.15, 0.2) is 47.4 Å². The SMILES string of the molecule is CS(=O)(=O)c1ccc([C@H](O)C(CF)NC(=O)Cc2cccc(O)c2O)cc1. The third-order valence-corrected chi connectivity index (χ3v) is 5.12. The van der Waals surface area contributed by atoms with Crippen molar-refractivity contribution in [1.82, 2.24) is 5.32 Å². The van der Waals surface area contributed by atoms with Crippen LogP contribution in [0.25, 0.3) is 0 Å². The van der Waals surface area contributed by atoms with Crippen molar-refractivity contribution in [1.29, 1.82) is 0 Å². The van der Waals surface area contributed by atoms with Crippen molar-refractivity contribution in [2.24, 2.45) is 0 Å². The standard InChI is InChI=1S/C18H20FNO6S/c1-27(25,26)13-7-5-11(6-8-13)17(23)14(10-19)20-16(22)9-12-3-2-4-15(21)18(12)24/h2-8,14,17,21,23-24H,9-10H2,1H3,(H,20,22)/t14?,17-/m0/s1. The number of carbonyl (C=O) groups excluding carboxylic acids is 1. The number of rotatable bonds is 7. The minimum absolute atomic E-state index is 0.0543. The Bertz CT molecular complexity index is 914. The third-order valence-electron chi connectivity index (χ3n) is 3.99. The number of aliphatic hydroxyl groups excluding tert-OH is 1. The van der Waals surface area contributed by atoms with Gasteiger partial charge in [0.15, 0.2) is 21.3 Å². The number of sulfone groups is 1. The zero-order valence-corrected chi connectivity index (χ0v) is 15.3. The maximum atomic E-state index is 13.3. The summed E-state index contributed by atoms with van der Waals surface area (Å²) in [6.07, 6.45) is -0.679. The summed E-state index contributed by atoms with van der Waals surface area (Å²) in [7, 11) is -3.40. The molecular weight excluding hydrogens is 377 g/mol. The van der Waals surface area contributed by atoms with Crippen LogP contribution < -0.4 is 5.32 Å². The Balaban J connectivity index is 2.09. The second-order valence-corrected chi connectivity index (χ2v) is 8.09. The highest BCUT2D eigenvalue weighted by Gasteiger charge is 2.24. The van der Waals surface area contributed by atoms with Gasteiger partial charge in [-0.3, -0.25) is 4.79 Å². The smallest absolute Gasteiger partial charge is 0.224 e. The zero-order valence-electron chi connectivity index (χ0n) is 14.5. The summed E-state index contributed by atoms with van der Waals surface area (Å²) in [6.45, 7) is -1.06. The van der Waals surface area contributed by atoms with Gasteiger partial charge in [0.25, 0.3) is 0 Å². The van der Waals surface area contributed by atoms with Gasteiger partial charge < -0.3 is 20.6 Å². The topological polar surface area (TPSA) is 124 Å². The minimum atomic E-state index is -3.40. The summed E-state index contributed by atoms with van der Waals surface area (Å²) in [6, 6.07) is 8.13. The quantitative estimate of drug-likeness (QED) is 0.521. The van der Waals surface area contributed by atoms with Crippen LogP contribution in [0, 0.1) is 0 Å². The van der Waals surface area contributed by atoms with Gasteiger partial charge in [-0.1, -0.05) is 24.3 Å². The highest BCUT2D eigenvalue weighted by molar-refractivity contribution is 7.90. The largest absolute Gasteiger partial charge is 0.504 e. The number of aromatic hydroxyl groups is 2. The van der Waals surface area contributed by atoms with Gasteiger partial charge in [-0.25, -0.2) is 12.8 Å². The molecule has 0 fully saturated rings. The lowest BCUT2D eigenvalue weighted by atomic mass is 10.0. The van der Waals surface area contributed by atoms with Crippen LogP contribution in [0.3, 0.4) is 0 Å². The zero-order chi connectivity index (χ0) is 20.2. The van der Waals surface area contributed by atoms with Crippen molar-refractivity contribution in [2.75, 3.05) is 12.9 Å². The summed E-state index contributed by atoms with van der Waals surface area (Å²) >= 11 is 0. The Morgan fingerprint density at radius 3 is 2.33 bits per heavy atom. The number of carbonyl (C=O) groups is 1. The number of halogens is 1. The fourth-order valence-corrected chi connectivity index (χ4v) is 3.13. The van der Waals surface area contributed by atoms with Crippen LogP contribution in [0.4, 0.5) is 4.39 Å². The van der Waals surface area contributed by atoms with Gasteiger partial charge in [-0.05, 0) is 23.8 Å². The molecule has 0 aliphatic carbocycles. The van der Waals surface area contributed by atoms with E-state index in [4.69, 9.17) is 0 Å². The van der Waals surface area contributed by atoms with Gasteiger partial charge in [0.2, 0.25) is 5.91 Å². The molecule has 1 unspecified atom stereocenters. The molecule has 0 saturated heterocycles. The molecular formula is C18H20FNO6S. The summed E-state index contributed by atoms with van der Waals surface area (Å²) in [5.74, 6) is -1.49. The van der Waals surface area contributed by atoms with Crippen LogP contribution in [0.5, 0.6) is 11.5 Å². The number of hydrogen-bond donors (Lipinski definition) is 4. The average Bonchev–Trinajstić information content (AvgIpc) is 2.62. The first-order valence-electron chi connectivity index (χ1n) is 7.96. The Kier molecular flexibility index (Phi) is 6.40. The van der Waals surface area contributed by atoms with Crippen molar-refractivity contribution in [3.63, 3.8) is 0 Å².